The van der Waals surface area contributed by atoms with Crippen molar-refractivity contribution in [3.8, 4) is 0 Å². The van der Waals surface area contributed by atoms with Crippen LogP contribution in [0.3, 0.4) is 0 Å². The Morgan fingerprint density at radius 2 is 1.46 bits per heavy atom. The Morgan fingerprint density at radius 3 is 2.06 bits per heavy atom. The van der Waals surface area contributed by atoms with E-state index in [1.807, 2.05) is 85.5 Å². The molecule has 7 heteroatoms. The zero-order valence-corrected chi connectivity index (χ0v) is 19.7. The van der Waals surface area contributed by atoms with Crippen molar-refractivity contribution < 1.29 is 10.0 Å². The number of nitro groups is 1. The first-order valence-electron chi connectivity index (χ1n) is 11.6. The Hall–Kier alpha value is -4.10. The van der Waals surface area contributed by atoms with Gasteiger partial charge in [-0.05, 0) is 43.7 Å². The zero-order chi connectivity index (χ0) is 24.8. The number of rotatable bonds is 9. The molecule has 0 aliphatic rings. The summed E-state index contributed by atoms with van der Waals surface area (Å²) in [6.07, 6.45) is 2.39. The number of pyridine rings is 2. The lowest BCUT2D eigenvalue weighted by atomic mass is 9.80. The second kappa shape index (κ2) is 10.9. The van der Waals surface area contributed by atoms with Gasteiger partial charge in [-0.1, -0.05) is 60.7 Å². The zero-order valence-electron chi connectivity index (χ0n) is 19.7. The van der Waals surface area contributed by atoms with Crippen molar-refractivity contribution in [3.05, 3.63) is 130 Å². The number of nitro benzene ring substituents is 1. The van der Waals surface area contributed by atoms with Crippen LogP contribution in [0.1, 0.15) is 48.7 Å². The topological polar surface area (TPSA) is 92.4 Å². The number of benzene rings is 2. The van der Waals surface area contributed by atoms with Gasteiger partial charge in [0, 0.05) is 30.2 Å². The monoisotopic (exact) mass is 468 g/mol. The first kappa shape index (κ1) is 24.0. The van der Waals surface area contributed by atoms with Crippen molar-refractivity contribution in [2.45, 2.75) is 38.0 Å². The van der Waals surface area contributed by atoms with Crippen molar-refractivity contribution in [1.82, 2.24) is 9.97 Å². The highest BCUT2D eigenvalue weighted by Crippen LogP contribution is 2.47. The minimum Gasteiger partial charge on any atom is -0.388 e. The first-order valence-corrected chi connectivity index (χ1v) is 11.6. The standard InChI is InChI=1S/C28H28N4O3/c1-20(2)31(25-17-9-11-19-30-25)27(22-14-6-7-16-24(22)32(34)35)26(23-15-8-10-18-29-23)28(33)21-12-4-3-5-13-21/h3-20,26-28,33H,1-2H3/t26-,27+,28+/m0/s1. The first-order chi connectivity index (χ1) is 17.0. The second-order valence-corrected chi connectivity index (χ2v) is 8.59. The third-order valence-electron chi connectivity index (χ3n) is 6.07. The number of aliphatic hydroxyl groups excluding tert-OH is 1. The van der Waals surface area contributed by atoms with E-state index in [4.69, 9.17) is 0 Å². The summed E-state index contributed by atoms with van der Waals surface area (Å²) in [5, 5.41) is 24.0. The van der Waals surface area contributed by atoms with Gasteiger partial charge in [0.2, 0.25) is 0 Å². The van der Waals surface area contributed by atoms with Crippen molar-refractivity contribution in [1.29, 1.82) is 0 Å². The van der Waals surface area contributed by atoms with Gasteiger partial charge >= 0.3 is 0 Å². The van der Waals surface area contributed by atoms with Crippen LogP contribution in [0.5, 0.6) is 0 Å². The third kappa shape index (κ3) is 5.20. The quantitative estimate of drug-likeness (QED) is 0.244. The SMILES string of the molecule is CC(C)N(c1ccccn1)[C@H](c1ccccc1[N+](=O)[O-])[C@H](c1ccccn1)[C@H](O)c1ccccc1. The Morgan fingerprint density at radius 1 is 0.829 bits per heavy atom. The van der Waals surface area contributed by atoms with Crippen molar-refractivity contribution in [3.63, 3.8) is 0 Å². The smallest absolute Gasteiger partial charge is 0.274 e. The molecule has 1 N–H and O–H groups in total. The van der Waals surface area contributed by atoms with Gasteiger partial charge in [-0.25, -0.2) is 4.98 Å². The number of anilines is 1. The molecule has 35 heavy (non-hydrogen) atoms. The fourth-order valence-corrected chi connectivity index (χ4v) is 4.58. The van der Waals surface area contributed by atoms with Crippen LogP contribution >= 0.6 is 0 Å². The lowest BCUT2D eigenvalue weighted by Crippen LogP contribution is -2.41. The van der Waals surface area contributed by atoms with Crippen LogP contribution in [-0.4, -0.2) is 26.0 Å². The third-order valence-corrected chi connectivity index (χ3v) is 6.07. The Kier molecular flexibility index (Phi) is 7.48. The second-order valence-electron chi connectivity index (χ2n) is 8.59. The van der Waals surface area contributed by atoms with Gasteiger partial charge in [-0.2, -0.15) is 0 Å². The summed E-state index contributed by atoms with van der Waals surface area (Å²) in [7, 11) is 0. The van der Waals surface area contributed by atoms with Crippen LogP contribution in [0.15, 0.2) is 103 Å². The van der Waals surface area contributed by atoms with E-state index in [0.29, 0.717) is 22.6 Å². The number of hydrogen-bond acceptors (Lipinski definition) is 6. The van der Waals surface area contributed by atoms with Crippen LogP contribution in [0.25, 0.3) is 0 Å². The summed E-state index contributed by atoms with van der Waals surface area (Å²) in [6, 6.07) is 26.4. The molecule has 178 valence electrons. The fraction of sp³-hybridized carbons (Fsp3) is 0.214. The van der Waals surface area contributed by atoms with E-state index in [-0.39, 0.29) is 16.7 Å². The highest BCUT2D eigenvalue weighted by atomic mass is 16.6. The van der Waals surface area contributed by atoms with Crippen molar-refractivity contribution >= 4 is 11.5 Å². The average Bonchev–Trinajstić information content (AvgIpc) is 2.89. The molecule has 0 radical (unpaired) electrons. The molecular formula is C28H28N4O3. The number of aliphatic hydroxyl groups is 1. The predicted octanol–water partition coefficient (Wildman–Crippen LogP) is 5.86. The highest BCUT2D eigenvalue weighted by molar-refractivity contribution is 5.52. The van der Waals surface area contributed by atoms with Gasteiger partial charge in [-0.15, -0.1) is 0 Å². The van der Waals surface area contributed by atoms with Gasteiger partial charge < -0.3 is 10.0 Å². The van der Waals surface area contributed by atoms with Crippen LogP contribution in [-0.2, 0) is 0 Å². The van der Waals surface area contributed by atoms with Crippen molar-refractivity contribution in [2.24, 2.45) is 0 Å². The van der Waals surface area contributed by atoms with Gasteiger partial charge in [0.15, 0.2) is 0 Å². The molecule has 2 heterocycles. The molecule has 4 aromatic rings. The average molecular weight is 469 g/mol. The summed E-state index contributed by atoms with van der Waals surface area (Å²) < 4.78 is 0. The maximum atomic E-state index is 12.1. The fourth-order valence-electron chi connectivity index (χ4n) is 4.58. The molecule has 0 amide bonds. The molecule has 7 nitrogen and oxygen atoms in total. The highest BCUT2D eigenvalue weighted by Gasteiger charge is 2.41. The van der Waals surface area contributed by atoms with E-state index in [1.165, 1.54) is 6.07 Å². The molecule has 0 aliphatic carbocycles. The number of hydrogen-bond donors (Lipinski definition) is 1. The summed E-state index contributed by atoms with van der Waals surface area (Å²) in [5.74, 6) is 0.0240. The molecule has 0 spiro atoms. The van der Waals surface area contributed by atoms with Gasteiger partial charge in [-0.3, -0.25) is 15.1 Å². The maximum absolute atomic E-state index is 12.1. The minimum atomic E-state index is -0.985. The largest absolute Gasteiger partial charge is 0.388 e. The molecule has 2 aromatic carbocycles. The molecule has 0 aliphatic heterocycles. The number of para-hydroxylation sites is 1. The van der Waals surface area contributed by atoms with Crippen molar-refractivity contribution in [2.75, 3.05) is 4.90 Å². The molecule has 0 saturated heterocycles. The number of nitrogens with zero attached hydrogens (tertiary/aromatic N) is 4. The van der Waals surface area contributed by atoms with Gasteiger partial charge in [0.1, 0.15) is 5.82 Å². The van der Waals surface area contributed by atoms with Crippen LogP contribution in [0.2, 0.25) is 0 Å². The van der Waals surface area contributed by atoms with Crippen LogP contribution in [0.4, 0.5) is 11.5 Å². The van der Waals surface area contributed by atoms with E-state index >= 15 is 0 Å². The van der Waals surface area contributed by atoms with E-state index < -0.39 is 18.1 Å². The van der Waals surface area contributed by atoms with E-state index in [2.05, 4.69) is 9.97 Å². The molecule has 3 atom stereocenters. The maximum Gasteiger partial charge on any atom is 0.274 e. The summed E-state index contributed by atoms with van der Waals surface area (Å²) in [4.78, 5) is 23.0. The normalized spacial score (nSPS) is 13.7. The molecule has 0 bridgehead atoms. The van der Waals surface area contributed by atoms with Gasteiger partial charge in [0.05, 0.1) is 28.6 Å². The van der Waals surface area contributed by atoms with E-state index in [0.717, 1.165) is 0 Å². The lowest BCUT2D eigenvalue weighted by Gasteiger charge is -2.42. The summed E-state index contributed by atoms with van der Waals surface area (Å²) >= 11 is 0. The summed E-state index contributed by atoms with van der Waals surface area (Å²) in [6.45, 7) is 4.03. The van der Waals surface area contributed by atoms with E-state index in [1.54, 1.807) is 30.6 Å². The molecule has 0 fully saturated rings. The number of aromatic nitrogens is 2. The Labute approximate surface area is 204 Å². The Balaban J connectivity index is 2.01. The molecule has 0 saturated carbocycles. The molecular weight excluding hydrogens is 440 g/mol. The Bertz CT molecular complexity index is 1240. The molecule has 0 unspecified atom stereocenters. The lowest BCUT2D eigenvalue weighted by molar-refractivity contribution is -0.385. The van der Waals surface area contributed by atoms with Crippen LogP contribution in [0, 0.1) is 10.1 Å². The molecule has 2 aromatic heterocycles. The van der Waals surface area contributed by atoms with Crippen LogP contribution < -0.4 is 4.90 Å². The van der Waals surface area contributed by atoms with E-state index in [9.17, 15) is 15.2 Å². The van der Waals surface area contributed by atoms with Gasteiger partial charge in [0.25, 0.3) is 5.69 Å². The predicted molar refractivity (Wildman–Crippen MR) is 136 cm³/mol. The minimum absolute atomic E-state index is 0.0136. The summed E-state index contributed by atoms with van der Waals surface area (Å²) in [5.41, 5.74) is 1.81. The molecule has 4 rings (SSSR count).